The Morgan fingerprint density at radius 2 is 0.600 bits per heavy atom. The molecule has 7 aromatic rings. The molecule has 9 rings (SSSR count). The summed E-state index contributed by atoms with van der Waals surface area (Å²) in [4.78, 5) is 39.2. The number of nitrogens with one attached hydrogen (secondary N) is 2. The maximum atomic E-state index is 5.36. The van der Waals surface area contributed by atoms with Crippen LogP contribution < -0.4 is 0 Å². The molecule has 8 bridgehead atoms. The molecule has 0 radical (unpaired) electrons. The van der Waals surface area contributed by atoms with Crippen molar-refractivity contribution in [3.8, 4) is 45.6 Å². The molecule has 8 nitrogen and oxygen atoms in total. The minimum absolute atomic E-state index is 0.113. The lowest BCUT2D eigenvalue weighted by atomic mass is 9.87. The Hall–Kier alpha value is -5.76. The summed E-state index contributed by atoms with van der Waals surface area (Å²) in [6.45, 7) is 27.3. The van der Waals surface area contributed by atoms with Crippen LogP contribution in [0.25, 0.3) is 89.7 Å². The highest BCUT2D eigenvalue weighted by atomic mass is 15.1. The Balaban J connectivity index is 1.41. The lowest BCUT2D eigenvalue weighted by Crippen LogP contribution is -2.09. The van der Waals surface area contributed by atoms with Gasteiger partial charge in [0.15, 0.2) is 23.3 Å². The highest BCUT2D eigenvalue weighted by Crippen LogP contribution is 2.40. The molecule has 2 aliphatic rings. The Morgan fingerprint density at radius 3 is 0.933 bits per heavy atom. The highest BCUT2D eigenvalue weighted by Gasteiger charge is 2.25. The Bertz CT molecular complexity index is 2820. The fourth-order valence-electron chi connectivity index (χ4n) is 8.87. The normalized spacial score (nSPS) is 13.3. The van der Waals surface area contributed by atoms with Crippen LogP contribution in [0.2, 0.25) is 0 Å². The molecule has 2 aliphatic heterocycles. The Morgan fingerprint density at radius 1 is 0.317 bits per heavy atom. The van der Waals surface area contributed by atoms with Gasteiger partial charge in [0, 0.05) is 43.8 Å². The van der Waals surface area contributed by atoms with Crippen molar-refractivity contribution in [2.45, 2.75) is 109 Å². The van der Waals surface area contributed by atoms with Gasteiger partial charge in [-0.25, -0.2) is 29.9 Å². The van der Waals surface area contributed by atoms with Crippen LogP contribution in [-0.4, -0.2) is 39.9 Å². The molecule has 60 heavy (non-hydrogen) atoms. The van der Waals surface area contributed by atoms with Gasteiger partial charge in [0.1, 0.15) is 22.6 Å². The largest absolute Gasteiger partial charge is 0.324 e. The van der Waals surface area contributed by atoms with Crippen LogP contribution in [0, 0.1) is 21.7 Å². The molecule has 2 N–H and O–H groups in total. The Kier molecular flexibility index (Phi) is 9.19. The molecule has 8 heteroatoms. The summed E-state index contributed by atoms with van der Waals surface area (Å²) in [7, 11) is 0. The molecule has 3 aromatic heterocycles. The summed E-state index contributed by atoms with van der Waals surface area (Å²) in [5.41, 5.74) is 12.1. The van der Waals surface area contributed by atoms with E-state index in [0.29, 0.717) is 45.9 Å². The van der Waals surface area contributed by atoms with E-state index in [1.54, 1.807) is 0 Å². The van der Waals surface area contributed by atoms with Gasteiger partial charge < -0.3 is 9.97 Å². The van der Waals surface area contributed by atoms with E-state index in [0.717, 1.165) is 69.5 Å². The number of nitrogens with zero attached hydrogens (tertiary/aromatic N) is 6. The smallest absolute Gasteiger partial charge is 0.164 e. The van der Waals surface area contributed by atoms with Crippen molar-refractivity contribution in [3.63, 3.8) is 0 Å². The van der Waals surface area contributed by atoms with Crippen LogP contribution in [-0.2, 0) is 25.7 Å². The molecule has 0 unspecified atom stereocenters. The van der Waals surface area contributed by atoms with Gasteiger partial charge in [0.2, 0.25) is 0 Å². The topological polar surface area (TPSA) is 109 Å². The standard InChI is InChI=1S/C52H58N8/c1-49(2,3)25-29-13-17-33-37(21-29)45-53-41(33)58-46-39-23-31(27-51(7,8)9)15-19-35(39)43(55-46)60-48-40-24-32(28-52(10,11)12)16-20-36(40)44(56-48)59-47-38-22-30(26-50(4,5)6)14-18-34(38)42(54-47)57-45/h13-24H,25-28H2,1-12H3,(H2,53,54,55,56,57,58,59,60). The van der Waals surface area contributed by atoms with E-state index in [4.69, 9.17) is 29.9 Å². The van der Waals surface area contributed by atoms with E-state index in [1.807, 2.05) is 0 Å². The number of H-pyrrole nitrogens is 2. The van der Waals surface area contributed by atoms with E-state index >= 15 is 0 Å². The van der Waals surface area contributed by atoms with E-state index in [-0.39, 0.29) is 21.7 Å². The molecule has 5 heterocycles. The first kappa shape index (κ1) is 39.7. The van der Waals surface area contributed by atoms with Gasteiger partial charge in [-0.1, -0.05) is 132 Å². The first-order chi connectivity index (χ1) is 28.1. The predicted molar refractivity (Wildman–Crippen MR) is 249 cm³/mol. The van der Waals surface area contributed by atoms with Crippen molar-refractivity contribution in [1.29, 1.82) is 0 Å². The molecule has 0 saturated heterocycles. The fraction of sp³-hybridized carbons (Fsp3) is 0.385. The maximum absolute atomic E-state index is 5.36. The van der Waals surface area contributed by atoms with Gasteiger partial charge in [-0.2, -0.15) is 0 Å². The van der Waals surface area contributed by atoms with Crippen LogP contribution in [0.4, 0.5) is 0 Å². The maximum Gasteiger partial charge on any atom is 0.164 e. The number of aromatic amines is 2. The van der Waals surface area contributed by atoms with Crippen LogP contribution in [0.1, 0.15) is 105 Å². The molecule has 0 aliphatic carbocycles. The molecule has 0 amide bonds. The van der Waals surface area contributed by atoms with Crippen molar-refractivity contribution in [2.24, 2.45) is 21.7 Å². The van der Waals surface area contributed by atoms with Crippen molar-refractivity contribution >= 4 is 44.1 Å². The fourth-order valence-corrected chi connectivity index (χ4v) is 8.87. The van der Waals surface area contributed by atoms with Crippen LogP contribution in [0.3, 0.4) is 0 Å². The summed E-state index contributed by atoms with van der Waals surface area (Å²) in [6.07, 6.45) is 3.70. The van der Waals surface area contributed by atoms with Gasteiger partial charge in [0.05, 0.1) is 0 Å². The lowest BCUT2D eigenvalue weighted by molar-refractivity contribution is 0.411. The van der Waals surface area contributed by atoms with Gasteiger partial charge in [-0.3, -0.25) is 0 Å². The first-order valence-electron chi connectivity index (χ1n) is 21.5. The average Bonchev–Trinajstić information content (AvgIpc) is 3.83. The van der Waals surface area contributed by atoms with Crippen molar-refractivity contribution < 1.29 is 0 Å². The second-order valence-corrected chi connectivity index (χ2v) is 22.1. The first-order valence-corrected chi connectivity index (χ1v) is 21.5. The molecular formula is C52H58N8. The van der Waals surface area contributed by atoms with Gasteiger partial charge in [-0.05, 0) is 93.9 Å². The molecule has 306 valence electrons. The lowest BCUT2D eigenvalue weighted by Gasteiger charge is -2.18. The second kappa shape index (κ2) is 13.9. The third-order valence-corrected chi connectivity index (χ3v) is 11.0. The van der Waals surface area contributed by atoms with Crippen molar-refractivity contribution in [1.82, 2.24) is 39.9 Å². The number of fused-ring (bicyclic) bond motifs is 20. The number of hydrogen-bond donors (Lipinski definition) is 2. The molecule has 0 fully saturated rings. The zero-order valence-corrected chi connectivity index (χ0v) is 37.4. The van der Waals surface area contributed by atoms with Gasteiger partial charge in [-0.15, -0.1) is 0 Å². The average molecular weight is 795 g/mol. The SMILES string of the molecule is CC(C)(C)Cc1ccc2c(c1)-c1nc-2nc2[nH]c(nc3nc(nc4[nH]c(n1)c1ccc(CC(C)(C)C)cc41)-c1ccc(CC(C)(C)C)cc1-3)c1ccc(CC(C)(C)C)cc21. The van der Waals surface area contributed by atoms with Gasteiger partial charge in [0.25, 0.3) is 0 Å². The summed E-state index contributed by atoms with van der Waals surface area (Å²) in [6, 6.07) is 26.6. The highest BCUT2D eigenvalue weighted by molar-refractivity contribution is 6.06. The van der Waals surface area contributed by atoms with Crippen molar-refractivity contribution in [2.75, 3.05) is 0 Å². The minimum atomic E-state index is 0.113. The number of benzene rings is 4. The molecule has 4 aromatic carbocycles. The summed E-state index contributed by atoms with van der Waals surface area (Å²) < 4.78 is 0. The number of aromatic nitrogens is 8. The van der Waals surface area contributed by atoms with Crippen molar-refractivity contribution in [3.05, 3.63) is 95.1 Å². The van der Waals surface area contributed by atoms with E-state index < -0.39 is 0 Å². The van der Waals surface area contributed by atoms with Crippen LogP contribution >= 0.6 is 0 Å². The predicted octanol–water partition coefficient (Wildman–Crippen LogP) is 13.2. The summed E-state index contributed by atoms with van der Waals surface area (Å²) in [5, 5.41) is 3.96. The van der Waals surface area contributed by atoms with E-state index in [2.05, 4.69) is 166 Å². The summed E-state index contributed by atoms with van der Waals surface area (Å²) >= 11 is 0. The minimum Gasteiger partial charge on any atom is -0.324 e. The van der Waals surface area contributed by atoms with Crippen LogP contribution in [0.15, 0.2) is 72.8 Å². The quantitative estimate of drug-likeness (QED) is 0.184. The Labute approximate surface area is 353 Å². The molecular weight excluding hydrogens is 737 g/mol. The molecule has 0 spiro atoms. The molecule has 0 saturated carbocycles. The monoisotopic (exact) mass is 794 g/mol. The van der Waals surface area contributed by atoms with E-state index in [1.165, 1.54) is 22.3 Å². The third-order valence-electron chi connectivity index (χ3n) is 11.0. The zero-order chi connectivity index (χ0) is 42.5. The summed E-state index contributed by atoms with van der Waals surface area (Å²) in [5.74, 6) is 2.49. The zero-order valence-electron chi connectivity index (χ0n) is 37.4. The number of rotatable bonds is 4. The molecule has 0 atom stereocenters. The van der Waals surface area contributed by atoms with Crippen LogP contribution in [0.5, 0.6) is 0 Å². The number of hydrogen-bond acceptors (Lipinski definition) is 6. The second-order valence-electron chi connectivity index (χ2n) is 22.1. The van der Waals surface area contributed by atoms with E-state index in [9.17, 15) is 0 Å². The van der Waals surface area contributed by atoms with Gasteiger partial charge >= 0.3 is 0 Å². The third kappa shape index (κ3) is 8.09.